The Kier molecular flexibility index (Phi) is 8.24. The van der Waals surface area contributed by atoms with Gasteiger partial charge in [-0.05, 0) is 144 Å². The van der Waals surface area contributed by atoms with Crippen LogP contribution in [0, 0.1) is 0 Å². The summed E-state index contributed by atoms with van der Waals surface area (Å²) in [5.74, 6) is 0. The van der Waals surface area contributed by atoms with Gasteiger partial charge in [0.1, 0.15) is 0 Å². The van der Waals surface area contributed by atoms with Gasteiger partial charge < -0.3 is 9.80 Å². The summed E-state index contributed by atoms with van der Waals surface area (Å²) in [6, 6.07) is 99.8. The molecule has 1 heterocycles. The van der Waals surface area contributed by atoms with E-state index in [0.717, 1.165) is 22.7 Å². The van der Waals surface area contributed by atoms with Crippen LogP contribution in [0.4, 0.5) is 34.1 Å². The number of hydrogen-bond donors (Lipinski definition) is 0. The highest BCUT2D eigenvalue weighted by Gasteiger charge is 2.54. The fourth-order valence-corrected chi connectivity index (χ4v) is 13.2. The lowest BCUT2D eigenvalue weighted by Gasteiger charge is -2.44. The van der Waals surface area contributed by atoms with Gasteiger partial charge in [0.2, 0.25) is 0 Å². The largest absolute Gasteiger partial charge is 0.310 e. The third-order valence-corrected chi connectivity index (χ3v) is 15.9. The Balaban J connectivity index is 0.996. The second kappa shape index (κ2) is 14.8. The van der Waals surface area contributed by atoms with Gasteiger partial charge in [-0.3, -0.25) is 0 Å². The summed E-state index contributed by atoms with van der Waals surface area (Å²) >= 11 is 0. The Bertz CT molecular complexity index is 3830. The summed E-state index contributed by atoms with van der Waals surface area (Å²) in [4.78, 5) is 4.98. The van der Waals surface area contributed by atoms with Crippen LogP contribution in [0.25, 0.3) is 44.5 Å². The van der Waals surface area contributed by atoms with Crippen LogP contribution >= 0.6 is 0 Å². The molecule has 0 radical (unpaired) electrons. The molecule has 326 valence electrons. The van der Waals surface area contributed by atoms with E-state index in [-0.39, 0.29) is 0 Å². The van der Waals surface area contributed by atoms with E-state index < -0.39 is 10.8 Å². The molecule has 0 fully saturated rings. The number of rotatable bonds is 6. The molecule has 2 heteroatoms. The van der Waals surface area contributed by atoms with Gasteiger partial charge in [0, 0.05) is 28.3 Å². The maximum atomic E-state index is 2.52. The SMILES string of the molecule is c1ccc(-c2ccc(N(c3ccc4c(c3)C3(c5ccccc5-c5ccccc53)c3ccccc3-4)c3ccc4c(c3)C3(c5ccccc5)c5ccccc5N(c5ccccc5)c5cccc-4c53)cc2)cc1. The first-order valence-corrected chi connectivity index (χ1v) is 24.4. The molecule has 1 atom stereocenters. The fourth-order valence-electron chi connectivity index (χ4n) is 13.2. The van der Waals surface area contributed by atoms with Crippen molar-refractivity contribution in [3.05, 3.63) is 311 Å². The van der Waals surface area contributed by atoms with Gasteiger partial charge in [0.05, 0.1) is 22.2 Å². The Hall–Kier alpha value is -8.98. The molecule has 2 nitrogen and oxygen atoms in total. The zero-order chi connectivity index (χ0) is 46.0. The maximum absolute atomic E-state index is 2.52. The number of benzene rings is 11. The Labute approximate surface area is 408 Å². The molecule has 3 aliphatic carbocycles. The molecule has 70 heavy (non-hydrogen) atoms. The quantitative estimate of drug-likeness (QED) is 0.164. The highest BCUT2D eigenvalue weighted by Crippen LogP contribution is 2.66. The van der Waals surface area contributed by atoms with E-state index in [4.69, 9.17) is 0 Å². The van der Waals surface area contributed by atoms with Crippen molar-refractivity contribution in [1.29, 1.82) is 0 Å². The summed E-state index contributed by atoms with van der Waals surface area (Å²) in [6.07, 6.45) is 0. The Morgan fingerprint density at radius 1 is 0.271 bits per heavy atom. The van der Waals surface area contributed by atoms with Gasteiger partial charge >= 0.3 is 0 Å². The van der Waals surface area contributed by atoms with Gasteiger partial charge in [-0.15, -0.1) is 0 Å². The van der Waals surface area contributed by atoms with Crippen molar-refractivity contribution in [2.75, 3.05) is 9.80 Å². The minimum atomic E-state index is -0.593. The summed E-state index contributed by atoms with van der Waals surface area (Å²) in [5.41, 5.74) is 26.4. The number of para-hydroxylation sites is 2. The van der Waals surface area contributed by atoms with Gasteiger partial charge in [-0.1, -0.05) is 206 Å². The van der Waals surface area contributed by atoms with E-state index in [1.807, 2.05) is 0 Å². The number of nitrogens with zero attached hydrogens (tertiary/aromatic N) is 2. The van der Waals surface area contributed by atoms with E-state index in [0.29, 0.717) is 0 Å². The van der Waals surface area contributed by atoms with Crippen molar-refractivity contribution in [1.82, 2.24) is 0 Å². The molecule has 0 aromatic heterocycles. The third kappa shape index (κ3) is 5.12. The van der Waals surface area contributed by atoms with E-state index in [9.17, 15) is 0 Å². The normalized spacial score (nSPS) is 15.6. The molecular formula is C68H44N2. The van der Waals surface area contributed by atoms with Crippen molar-refractivity contribution in [2.45, 2.75) is 10.8 Å². The van der Waals surface area contributed by atoms with Crippen molar-refractivity contribution in [2.24, 2.45) is 0 Å². The smallest absolute Gasteiger partial charge is 0.0755 e. The standard InChI is InChI=1S/C68H44N2/c1-4-19-45(20-5-1)46-35-37-49(38-36-46)69(51-39-41-55-54-27-12-15-31-60(54)68(63(55)44-51)58-29-13-10-25-52(58)53-26-11-14-30-59(53)68)50-40-42-56-57-28-18-34-65-66(57)67(62(56)43-50,47-21-6-2-7-22-47)61-32-16-17-33-64(61)70(65)48-23-8-3-9-24-48/h1-44H. The zero-order valence-corrected chi connectivity index (χ0v) is 38.3. The lowest BCUT2D eigenvalue weighted by Crippen LogP contribution is -2.36. The molecular weight excluding hydrogens is 845 g/mol. The first-order chi connectivity index (χ1) is 34.7. The number of fused-ring (bicyclic) bond motifs is 15. The van der Waals surface area contributed by atoms with E-state index in [1.54, 1.807) is 0 Å². The highest BCUT2D eigenvalue weighted by atomic mass is 15.2. The van der Waals surface area contributed by atoms with Crippen molar-refractivity contribution in [3.63, 3.8) is 0 Å². The summed E-state index contributed by atoms with van der Waals surface area (Å²) in [5, 5.41) is 0. The van der Waals surface area contributed by atoms with Crippen LogP contribution in [-0.2, 0) is 10.8 Å². The van der Waals surface area contributed by atoms with Gasteiger partial charge in [-0.25, -0.2) is 0 Å². The van der Waals surface area contributed by atoms with Crippen LogP contribution in [0.1, 0.15) is 44.5 Å². The molecule has 0 amide bonds. The summed E-state index contributed by atoms with van der Waals surface area (Å²) in [6.45, 7) is 0. The summed E-state index contributed by atoms with van der Waals surface area (Å²) in [7, 11) is 0. The Morgan fingerprint density at radius 3 is 1.31 bits per heavy atom. The van der Waals surface area contributed by atoms with Crippen LogP contribution in [0.3, 0.4) is 0 Å². The fraction of sp³-hybridized carbons (Fsp3) is 0.0294. The molecule has 0 bridgehead atoms. The predicted octanol–water partition coefficient (Wildman–Crippen LogP) is 17.3. The first kappa shape index (κ1) is 39.1. The topological polar surface area (TPSA) is 6.48 Å². The van der Waals surface area contributed by atoms with Crippen molar-refractivity contribution >= 4 is 34.1 Å². The third-order valence-electron chi connectivity index (χ3n) is 15.9. The van der Waals surface area contributed by atoms with Crippen LogP contribution in [0.2, 0.25) is 0 Å². The number of anilines is 6. The lowest BCUT2D eigenvalue weighted by molar-refractivity contribution is 0.753. The van der Waals surface area contributed by atoms with Crippen molar-refractivity contribution < 1.29 is 0 Å². The monoisotopic (exact) mass is 888 g/mol. The summed E-state index contributed by atoms with van der Waals surface area (Å²) < 4.78 is 0. The molecule has 0 N–H and O–H groups in total. The van der Waals surface area contributed by atoms with Gasteiger partial charge in [0.15, 0.2) is 0 Å². The average molecular weight is 889 g/mol. The lowest BCUT2D eigenvalue weighted by atomic mass is 9.65. The van der Waals surface area contributed by atoms with Crippen LogP contribution in [0.15, 0.2) is 267 Å². The van der Waals surface area contributed by atoms with Crippen LogP contribution < -0.4 is 9.80 Å². The van der Waals surface area contributed by atoms with Crippen molar-refractivity contribution in [3.8, 4) is 44.5 Å². The second-order valence-electron chi connectivity index (χ2n) is 19.1. The molecule has 15 rings (SSSR count). The van der Waals surface area contributed by atoms with E-state index >= 15 is 0 Å². The second-order valence-corrected chi connectivity index (χ2v) is 19.1. The minimum Gasteiger partial charge on any atom is -0.310 e. The first-order valence-electron chi connectivity index (χ1n) is 24.4. The predicted molar refractivity (Wildman–Crippen MR) is 288 cm³/mol. The highest BCUT2D eigenvalue weighted by molar-refractivity contribution is 6.01. The molecule has 1 spiro atoms. The molecule has 0 saturated carbocycles. The molecule has 0 saturated heterocycles. The maximum Gasteiger partial charge on any atom is 0.0755 e. The minimum absolute atomic E-state index is 0.470. The van der Waals surface area contributed by atoms with E-state index in [1.165, 1.54) is 100 Å². The molecule has 11 aromatic rings. The van der Waals surface area contributed by atoms with Crippen LogP contribution in [0.5, 0.6) is 0 Å². The Morgan fingerprint density at radius 2 is 0.700 bits per heavy atom. The average Bonchev–Trinajstić information content (AvgIpc) is 4.03. The van der Waals surface area contributed by atoms with Gasteiger partial charge in [0.25, 0.3) is 0 Å². The molecule has 4 aliphatic rings. The van der Waals surface area contributed by atoms with Gasteiger partial charge in [-0.2, -0.15) is 0 Å². The molecule has 1 unspecified atom stereocenters. The van der Waals surface area contributed by atoms with E-state index in [2.05, 4.69) is 277 Å². The van der Waals surface area contributed by atoms with Crippen LogP contribution in [-0.4, -0.2) is 0 Å². The molecule has 11 aromatic carbocycles. The zero-order valence-electron chi connectivity index (χ0n) is 38.3. The number of hydrogen-bond acceptors (Lipinski definition) is 2. The molecule has 1 aliphatic heterocycles.